The summed E-state index contributed by atoms with van der Waals surface area (Å²) in [6.07, 6.45) is 4.27. The second-order valence-corrected chi connectivity index (χ2v) is 7.02. The smallest absolute Gasteiger partial charge is 0.335 e. The molecule has 1 aromatic carbocycles. The predicted molar refractivity (Wildman–Crippen MR) is 97.3 cm³/mol. The van der Waals surface area contributed by atoms with Crippen molar-refractivity contribution in [2.24, 2.45) is 0 Å². The summed E-state index contributed by atoms with van der Waals surface area (Å²) in [6, 6.07) is 6.54. The number of aliphatic carboxylic acids is 1. The molecule has 1 aromatic heterocycles. The molecular formula is C18H22N2O4S. The van der Waals surface area contributed by atoms with Crippen LogP contribution in [0, 0.1) is 0 Å². The number of imidazole rings is 1. The van der Waals surface area contributed by atoms with E-state index in [9.17, 15) is 14.7 Å². The molecule has 134 valence electrons. The van der Waals surface area contributed by atoms with Gasteiger partial charge in [0.1, 0.15) is 10.6 Å². The van der Waals surface area contributed by atoms with Crippen molar-refractivity contribution in [1.29, 1.82) is 0 Å². The molecule has 0 unspecified atom stereocenters. The first-order valence-electron chi connectivity index (χ1n) is 8.10. The molecule has 0 bridgehead atoms. The van der Waals surface area contributed by atoms with Crippen LogP contribution in [0.5, 0.6) is 0 Å². The summed E-state index contributed by atoms with van der Waals surface area (Å²) < 4.78 is 0.505. The summed E-state index contributed by atoms with van der Waals surface area (Å²) in [6.45, 7) is 4.03. The standard InChI is InChI=1S/C18H22N2O4S/c1-3-4-5-15-19-10-14(18(2,25)17(23)24)20(15)11-12-6-8-13(9-7-12)16(21)22/h6-10,25H,3-5,11H2,1-2H3,(H,21,22)(H,23,24)/t18-/m0/s1. The van der Waals surface area contributed by atoms with Crippen LogP contribution in [-0.4, -0.2) is 31.7 Å². The van der Waals surface area contributed by atoms with E-state index in [0.29, 0.717) is 12.2 Å². The molecule has 0 spiro atoms. The minimum Gasteiger partial charge on any atom is -0.480 e. The lowest BCUT2D eigenvalue weighted by atomic mass is 10.1. The Morgan fingerprint density at radius 2 is 1.88 bits per heavy atom. The minimum atomic E-state index is -1.36. The van der Waals surface area contributed by atoms with E-state index in [2.05, 4.69) is 24.5 Å². The number of carboxylic acid groups (broad SMARTS) is 2. The van der Waals surface area contributed by atoms with Crippen molar-refractivity contribution in [1.82, 2.24) is 9.55 Å². The number of nitrogens with zero attached hydrogens (tertiary/aromatic N) is 2. The average molecular weight is 362 g/mol. The lowest BCUT2D eigenvalue weighted by Gasteiger charge is -2.21. The Hall–Kier alpha value is -2.28. The second-order valence-electron chi connectivity index (χ2n) is 6.13. The van der Waals surface area contributed by atoms with E-state index >= 15 is 0 Å². The van der Waals surface area contributed by atoms with Gasteiger partial charge in [-0.2, -0.15) is 12.6 Å². The molecule has 0 amide bonds. The van der Waals surface area contributed by atoms with E-state index in [1.54, 1.807) is 18.3 Å². The fraction of sp³-hybridized carbons (Fsp3) is 0.389. The van der Waals surface area contributed by atoms with Crippen LogP contribution in [0.1, 0.15) is 54.1 Å². The summed E-state index contributed by atoms with van der Waals surface area (Å²) in [5.41, 5.74) is 1.60. The molecule has 2 aromatic rings. The zero-order valence-corrected chi connectivity index (χ0v) is 15.2. The highest BCUT2D eigenvalue weighted by Gasteiger charge is 2.35. The zero-order valence-electron chi connectivity index (χ0n) is 14.3. The Morgan fingerprint density at radius 3 is 2.40 bits per heavy atom. The van der Waals surface area contributed by atoms with Gasteiger partial charge in [-0.15, -0.1) is 0 Å². The molecule has 0 radical (unpaired) electrons. The van der Waals surface area contributed by atoms with Gasteiger partial charge < -0.3 is 14.8 Å². The molecule has 0 saturated carbocycles. The first kappa shape index (κ1) is 19.1. The summed E-state index contributed by atoms with van der Waals surface area (Å²) in [7, 11) is 0. The van der Waals surface area contributed by atoms with Gasteiger partial charge in [0.2, 0.25) is 0 Å². The van der Waals surface area contributed by atoms with Crippen molar-refractivity contribution >= 4 is 24.6 Å². The number of hydrogen-bond donors (Lipinski definition) is 3. The largest absolute Gasteiger partial charge is 0.480 e. The van der Waals surface area contributed by atoms with E-state index < -0.39 is 16.7 Å². The maximum Gasteiger partial charge on any atom is 0.335 e. The monoisotopic (exact) mass is 362 g/mol. The fourth-order valence-electron chi connectivity index (χ4n) is 2.56. The number of carbonyl (C=O) groups is 2. The number of aryl methyl sites for hydroxylation is 1. The van der Waals surface area contributed by atoms with Gasteiger partial charge in [-0.1, -0.05) is 25.5 Å². The molecule has 0 aliphatic rings. The molecule has 7 heteroatoms. The van der Waals surface area contributed by atoms with E-state index in [1.165, 1.54) is 19.1 Å². The number of aromatic carboxylic acids is 1. The fourth-order valence-corrected chi connectivity index (χ4v) is 2.74. The maximum atomic E-state index is 11.6. The first-order chi connectivity index (χ1) is 11.8. The van der Waals surface area contributed by atoms with Crippen molar-refractivity contribution < 1.29 is 19.8 Å². The minimum absolute atomic E-state index is 0.213. The predicted octanol–water partition coefficient (Wildman–Crippen LogP) is 3.20. The van der Waals surface area contributed by atoms with Crippen LogP contribution in [0.2, 0.25) is 0 Å². The Morgan fingerprint density at radius 1 is 1.24 bits per heavy atom. The third-order valence-corrected chi connectivity index (χ3v) is 4.57. The highest BCUT2D eigenvalue weighted by molar-refractivity contribution is 7.82. The van der Waals surface area contributed by atoms with E-state index in [4.69, 9.17) is 5.11 Å². The number of aromatic nitrogens is 2. The summed E-state index contributed by atoms with van der Waals surface area (Å²) >= 11 is 4.32. The summed E-state index contributed by atoms with van der Waals surface area (Å²) in [5, 5.41) is 18.5. The quantitative estimate of drug-likeness (QED) is 0.627. The first-order valence-corrected chi connectivity index (χ1v) is 8.55. The van der Waals surface area contributed by atoms with Crippen molar-refractivity contribution in [3.8, 4) is 0 Å². The molecule has 6 nitrogen and oxygen atoms in total. The van der Waals surface area contributed by atoms with Crippen LogP contribution in [-0.2, 0) is 22.5 Å². The van der Waals surface area contributed by atoms with E-state index in [1.807, 2.05) is 4.57 Å². The Kier molecular flexibility index (Phi) is 5.89. The van der Waals surface area contributed by atoms with Gasteiger partial charge in [0.25, 0.3) is 0 Å². The van der Waals surface area contributed by atoms with Gasteiger partial charge in [0.15, 0.2) is 0 Å². The summed E-state index contributed by atoms with van der Waals surface area (Å²) in [5.74, 6) is -1.21. The number of unbranched alkanes of at least 4 members (excludes halogenated alkanes) is 1. The van der Waals surface area contributed by atoms with Gasteiger partial charge in [0, 0.05) is 13.0 Å². The molecule has 2 rings (SSSR count). The van der Waals surface area contributed by atoms with Crippen LogP contribution in [0.15, 0.2) is 30.5 Å². The van der Waals surface area contributed by atoms with Crippen LogP contribution in [0.3, 0.4) is 0 Å². The number of hydrogen-bond acceptors (Lipinski definition) is 4. The van der Waals surface area contributed by atoms with Crippen LogP contribution < -0.4 is 0 Å². The molecular weight excluding hydrogens is 340 g/mol. The van der Waals surface area contributed by atoms with Crippen LogP contribution >= 0.6 is 12.6 Å². The van der Waals surface area contributed by atoms with Gasteiger partial charge in [-0.3, -0.25) is 4.79 Å². The average Bonchev–Trinajstić information content (AvgIpc) is 2.96. The zero-order chi connectivity index (χ0) is 18.6. The van der Waals surface area contributed by atoms with Crippen molar-refractivity contribution in [2.45, 2.75) is 44.4 Å². The van der Waals surface area contributed by atoms with Crippen molar-refractivity contribution in [3.05, 3.63) is 53.1 Å². The topological polar surface area (TPSA) is 92.4 Å². The summed E-state index contributed by atoms with van der Waals surface area (Å²) in [4.78, 5) is 27.0. The van der Waals surface area contributed by atoms with Gasteiger partial charge in [0.05, 0.1) is 17.5 Å². The molecule has 25 heavy (non-hydrogen) atoms. The van der Waals surface area contributed by atoms with E-state index in [0.717, 1.165) is 30.7 Å². The van der Waals surface area contributed by atoms with Gasteiger partial charge in [-0.25, -0.2) is 9.78 Å². The highest BCUT2D eigenvalue weighted by atomic mass is 32.1. The normalized spacial score (nSPS) is 13.4. The molecule has 2 N–H and O–H groups in total. The third-order valence-electron chi connectivity index (χ3n) is 4.15. The van der Waals surface area contributed by atoms with Crippen LogP contribution in [0.25, 0.3) is 0 Å². The Labute approximate surface area is 151 Å². The molecule has 1 heterocycles. The molecule has 0 aliphatic heterocycles. The number of thiol groups is 1. The lowest BCUT2D eigenvalue weighted by Crippen LogP contribution is -2.29. The van der Waals surface area contributed by atoms with Gasteiger partial charge in [-0.05, 0) is 31.0 Å². The Bertz CT molecular complexity index is 766. The van der Waals surface area contributed by atoms with Crippen molar-refractivity contribution in [3.63, 3.8) is 0 Å². The molecule has 0 saturated heterocycles. The van der Waals surface area contributed by atoms with Crippen LogP contribution in [0.4, 0.5) is 0 Å². The highest BCUT2D eigenvalue weighted by Crippen LogP contribution is 2.30. The second kappa shape index (κ2) is 7.74. The Balaban J connectivity index is 2.40. The maximum absolute atomic E-state index is 11.6. The number of carboxylic acids is 2. The van der Waals surface area contributed by atoms with Gasteiger partial charge >= 0.3 is 11.9 Å². The molecule has 0 fully saturated rings. The molecule has 0 aliphatic carbocycles. The number of rotatable bonds is 8. The van der Waals surface area contributed by atoms with Crippen molar-refractivity contribution in [2.75, 3.05) is 0 Å². The third kappa shape index (κ3) is 4.22. The number of benzene rings is 1. The van der Waals surface area contributed by atoms with E-state index in [-0.39, 0.29) is 5.56 Å². The lowest BCUT2D eigenvalue weighted by molar-refractivity contribution is -0.139. The SMILES string of the molecule is CCCCc1ncc([C@](C)(S)C(=O)O)n1Cc1ccc(C(=O)O)cc1. The molecule has 1 atom stereocenters.